The number of thiazole rings is 1. The van der Waals surface area contributed by atoms with Crippen molar-refractivity contribution >= 4 is 17.2 Å². The minimum absolute atomic E-state index is 0.152. The van der Waals surface area contributed by atoms with Crippen LogP contribution in [-0.4, -0.2) is 24.0 Å². The molecule has 1 saturated heterocycles. The number of aryl methyl sites for hydroxylation is 1. The normalized spacial score (nSPS) is 18.2. The molecule has 5 heteroatoms. The predicted molar refractivity (Wildman–Crippen MR) is 78.1 cm³/mol. The number of amides is 1. The maximum atomic E-state index is 11.9. The van der Waals surface area contributed by atoms with Gasteiger partial charge in [0.2, 0.25) is 5.91 Å². The van der Waals surface area contributed by atoms with Crippen molar-refractivity contribution in [1.82, 2.24) is 15.6 Å². The summed E-state index contributed by atoms with van der Waals surface area (Å²) in [6.07, 6.45) is 3.02. The molecule has 1 aliphatic heterocycles. The first-order valence-electron chi connectivity index (χ1n) is 7.03. The highest BCUT2D eigenvalue weighted by molar-refractivity contribution is 7.09. The van der Waals surface area contributed by atoms with Gasteiger partial charge in [-0.25, -0.2) is 4.98 Å². The summed E-state index contributed by atoms with van der Waals surface area (Å²) < 4.78 is 0. The van der Waals surface area contributed by atoms with Crippen molar-refractivity contribution in [2.24, 2.45) is 11.8 Å². The number of piperidine rings is 1. The molecule has 1 aliphatic rings. The summed E-state index contributed by atoms with van der Waals surface area (Å²) in [5.41, 5.74) is 1.03. The van der Waals surface area contributed by atoms with Gasteiger partial charge in [0.25, 0.3) is 0 Å². The topological polar surface area (TPSA) is 54.0 Å². The zero-order valence-corrected chi connectivity index (χ0v) is 12.6. The lowest BCUT2D eigenvalue weighted by Crippen LogP contribution is -2.33. The molecule has 1 aromatic heterocycles. The number of nitrogens with one attached hydrogen (secondary N) is 2. The van der Waals surface area contributed by atoms with E-state index in [0.717, 1.165) is 23.8 Å². The largest absolute Gasteiger partial charge is 0.350 e. The molecule has 1 aromatic rings. The quantitative estimate of drug-likeness (QED) is 0.869. The van der Waals surface area contributed by atoms with Crippen molar-refractivity contribution in [3.05, 3.63) is 16.1 Å². The van der Waals surface area contributed by atoms with Crippen LogP contribution in [0, 0.1) is 18.8 Å². The Morgan fingerprint density at radius 3 is 2.95 bits per heavy atom. The van der Waals surface area contributed by atoms with E-state index >= 15 is 0 Å². The number of aromatic nitrogens is 1. The van der Waals surface area contributed by atoms with E-state index in [-0.39, 0.29) is 5.91 Å². The molecule has 0 bridgehead atoms. The van der Waals surface area contributed by atoms with Gasteiger partial charge in [-0.1, -0.05) is 6.92 Å². The molecular weight excluding hydrogens is 258 g/mol. The van der Waals surface area contributed by atoms with Crippen LogP contribution in [0.2, 0.25) is 0 Å². The van der Waals surface area contributed by atoms with Crippen LogP contribution in [0.5, 0.6) is 0 Å². The van der Waals surface area contributed by atoms with E-state index in [1.807, 2.05) is 12.3 Å². The van der Waals surface area contributed by atoms with Crippen molar-refractivity contribution in [3.63, 3.8) is 0 Å². The first-order chi connectivity index (χ1) is 9.15. The van der Waals surface area contributed by atoms with E-state index in [1.165, 1.54) is 12.8 Å². The van der Waals surface area contributed by atoms with Gasteiger partial charge < -0.3 is 10.6 Å². The van der Waals surface area contributed by atoms with Crippen molar-refractivity contribution in [2.75, 3.05) is 13.1 Å². The first kappa shape index (κ1) is 14.5. The molecule has 0 aliphatic carbocycles. The fourth-order valence-electron chi connectivity index (χ4n) is 2.60. The Hall–Kier alpha value is -0.940. The fraction of sp³-hybridized carbons (Fsp3) is 0.714. The summed E-state index contributed by atoms with van der Waals surface area (Å²) in [4.78, 5) is 16.3. The van der Waals surface area contributed by atoms with Gasteiger partial charge in [0, 0.05) is 17.5 Å². The molecule has 1 fully saturated rings. The maximum Gasteiger partial charge on any atom is 0.220 e. The third kappa shape index (κ3) is 4.58. The van der Waals surface area contributed by atoms with E-state index in [9.17, 15) is 4.79 Å². The highest BCUT2D eigenvalue weighted by Gasteiger charge is 2.21. The number of carbonyl (C=O) groups is 1. The zero-order valence-electron chi connectivity index (χ0n) is 11.7. The van der Waals surface area contributed by atoms with Crippen molar-refractivity contribution in [2.45, 2.75) is 39.7 Å². The maximum absolute atomic E-state index is 11.9. The average Bonchev–Trinajstić information content (AvgIpc) is 2.83. The molecule has 106 valence electrons. The average molecular weight is 281 g/mol. The molecule has 0 radical (unpaired) electrons. The first-order valence-corrected chi connectivity index (χ1v) is 7.91. The van der Waals surface area contributed by atoms with E-state index < -0.39 is 0 Å². The molecule has 2 heterocycles. The second-order valence-electron chi connectivity index (χ2n) is 5.43. The third-order valence-electron chi connectivity index (χ3n) is 3.80. The smallest absolute Gasteiger partial charge is 0.220 e. The molecule has 1 amide bonds. The van der Waals surface area contributed by atoms with Crippen molar-refractivity contribution < 1.29 is 4.79 Å². The molecule has 4 nitrogen and oxygen atoms in total. The van der Waals surface area contributed by atoms with Crippen LogP contribution < -0.4 is 10.6 Å². The Bertz CT molecular complexity index is 413. The van der Waals surface area contributed by atoms with Crippen LogP contribution in [0.1, 0.15) is 36.9 Å². The molecule has 1 atom stereocenters. The van der Waals surface area contributed by atoms with Gasteiger partial charge in [-0.3, -0.25) is 4.79 Å². The van der Waals surface area contributed by atoms with Gasteiger partial charge in [-0.05, 0) is 44.7 Å². The summed E-state index contributed by atoms with van der Waals surface area (Å²) in [7, 11) is 0. The molecule has 2 rings (SSSR count). The summed E-state index contributed by atoms with van der Waals surface area (Å²) in [5.74, 6) is 1.31. The van der Waals surface area contributed by atoms with Gasteiger partial charge in [-0.2, -0.15) is 0 Å². The summed E-state index contributed by atoms with van der Waals surface area (Å²) in [6.45, 7) is 6.92. The second-order valence-corrected chi connectivity index (χ2v) is 6.37. The van der Waals surface area contributed by atoms with Crippen LogP contribution in [-0.2, 0) is 11.3 Å². The van der Waals surface area contributed by atoms with Crippen LogP contribution in [0.3, 0.4) is 0 Å². The Balaban J connectivity index is 1.71. The number of hydrogen-bond donors (Lipinski definition) is 2. The van der Waals surface area contributed by atoms with Gasteiger partial charge in [-0.15, -0.1) is 11.3 Å². The lowest BCUT2D eigenvalue weighted by Gasteiger charge is -2.27. The van der Waals surface area contributed by atoms with Crippen LogP contribution in [0.4, 0.5) is 0 Å². The molecule has 0 spiro atoms. The van der Waals surface area contributed by atoms with E-state index in [2.05, 4.69) is 22.5 Å². The molecule has 19 heavy (non-hydrogen) atoms. The lowest BCUT2D eigenvalue weighted by molar-refractivity contribution is -0.122. The zero-order chi connectivity index (χ0) is 13.7. The molecule has 1 unspecified atom stereocenters. The number of rotatable bonds is 5. The highest BCUT2D eigenvalue weighted by atomic mass is 32.1. The molecule has 2 N–H and O–H groups in total. The van der Waals surface area contributed by atoms with Crippen LogP contribution in [0.15, 0.2) is 5.38 Å². The van der Waals surface area contributed by atoms with Crippen molar-refractivity contribution in [3.8, 4) is 0 Å². The standard InChI is InChI=1S/C14H23N3OS/c1-10(12-3-5-15-6-4-12)7-13(18)16-8-14-17-11(2)9-19-14/h9-10,12,15H,3-8H2,1-2H3,(H,16,18). The number of carbonyl (C=O) groups excluding carboxylic acids is 1. The minimum Gasteiger partial charge on any atom is -0.350 e. The molecule has 0 saturated carbocycles. The predicted octanol–water partition coefficient (Wildman–Crippen LogP) is 2.09. The van der Waals surface area contributed by atoms with Gasteiger partial charge >= 0.3 is 0 Å². The van der Waals surface area contributed by atoms with Gasteiger partial charge in [0.15, 0.2) is 0 Å². The second kappa shape index (κ2) is 7.01. The summed E-state index contributed by atoms with van der Waals surface area (Å²) in [5, 5.41) is 9.34. The van der Waals surface area contributed by atoms with E-state index in [1.54, 1.807) is 11.3 Å². The molecule has 0 aromatic carbocycles. The highest BCUT2D eigenvalue weighted by Crippen LogP contribution is 2.24. The van der Waals surface area contributed by atoms with Crippen molar-refractivity contribution in [1.29, 1.82) is 0 Å². The minimum atomic E-state index is 0.152. The van der Waals surface area contributed by atoms with Crippen LogP contribution >= 0.6 is 11.3 Å². The number of hydrogen-bond acceptors (Lipinski definition) is 4. The Morgan fingerprint density at radius 1 is 1.58 bits per heavy atom. The lowest BCUT2D eigenvalue weighted by atomic mass is 9.84. The fourth-order valence-corrected chi connectivity index (χ4v) is 3.31. The third-order valence-corrected chi connectivity index (χ3v) is 4.77. The number of nitrogens with zero attached hydrogens (tertiary/aromatic N) is 1. The Kier molecular flexibility index (Phi) is 5.34. The Morgan fingerprint density at radius 2 is 2.32 bits per heavy atom. The monoisotopic (exact) mass is 281 g/mol. The van der Waals surface area contributed by atoms with Gasteiger partial charge in [0.1, 0.15) is 5.01 Å². The van der Waals surface area contributed by atoms with Crippen LogP contribution in [0.25, 0.3) is 0 Å². The Labute approximate surface area is 119 Å². The summed E-state index contributed by atoms with van der Waals surface area (Å²) in [6, 6.07) is 0. The van der Waals surface area contributed by atoms with E-state index in [4.69, 9.17) is 0 Å². The van der Waals surface area contributed by atoms with E-state index in [0.29, 0.717) is 24.8 Å². The SMILES string of the molecule is Cc1csc(CNC(=O)CC(C)C2CCNCC2)n1. The summed E-state index contributed by atoms with van der Waals surface area (Å²) >= 11 is 1.60. The molecular formula is C14H23N3OS. The van der Waals surface area contributed by atoms with Gasteiger partial charge in [0.05, 0.1) is 6.54 Å².